The fourth-order valence-electron chi connectivity index (χ4n) is 0.989. The van der Waals surface area contributed by atoms with Gasteiger partial charge in [0.2, 0.25) is 6.54 Å². The quantitative estimate of drug-likeness (QED) is 0.511. The van der Waals surface area contributed by atoms with Gasteiger partial charge in [0.05, 0.1) is 6.10 Å². The summed E-state index contributed by atoms with van der Waals surface area (Å²) in [5.74, 6) is -0.203. The number of ether oxygens (including phenoxy) is 1. The van der Waals surface area contributed by atoms with E-state index in [1.165, 1.54) is 0 Å². The van der Waals surface area contributed by atoms with Gasteiger partial charge in [-0.1, -0.05) is 6.07 Å². The molecule has 0 saturated heterocycles. The molecule has 0 spiro atoms. The number of esters is 1. The number of aromatic nitrogens is 1. The number of rotatable bonds is 3. The molecule has 0 saturated carbocycles. The van der Waals surface area contributed by atoms with Crippen LogP contribution in [0.15, 0.2) is 30.6 Å². The Hall–Kier alpha value is -1.38. The Labute approximate surface area is 78.0 Å². The van der Waals surface area contributed by atoms with Crippen LogP contribution in [0, 0.1) is 0 Å². The van der Waals surface area contributed by atoms with Gasteiger partial charge in [-0.05, 0) is 13.8 Å². The minimum absolute atomic E-state index is 0.0446. The molecule has 0 unspecified atom stereocenters. The zero-order valence-electron chi connectivity index (χ0n) is 7.93. The fourth-order valence-corrected chi connectivity index (χ4v) is 0.989. The van der Waals surface area contributed by atoms with Gasteiger partial charge in [-0.3, -0.25) is 0 Å². The second kappa shape index (κ2) is 4.60. The summed E-state index contributed by atoms with van der Waals surface area (Å²) in [4.78, 5) is 11.2. The second-order valence-corrected chi connectivity index (χ2v) is 3.09. The van der Waals surface area contributed by atoms with E-state index in [1.54, 1.807) is 4.57 Å². The molecule has 0 aliphatic carbocycles. The minimum atomic E-state index is -0.203. The highest BCUT2D eigenvalue weighted by atomic mass is 16.5. The first kappa shape index (κ1) is 9.71. The van der Waals surface area contributed by atoms with E-state index in [1.807, 2.05) is 44.4 Å². The van der Waals surface area contributed by atoms with Crippen LogP contribution >= 0.6 is 0 Å². The van der Waals surface area contributed by atoms with E-state index >= 15 is 0 Å². The lowest BCUT2D eigenvalue weighted by Gasteiger charge is -2.04. The van der Waals surface area contributed by atoms with Gasteiger partial charge >= 0.3 is 5.97 Å². The van der Waals surface area contributed by atoms with Crippen molar-refractivity contribution >= 4 is 5.97 Å². The third kappa shape index (κ3) is 3.69. The predicted octanol–water partition coefficient (Wildman–Crippen LogP) is 0.926. The van der Waals surface area contributed by atoms with Crippen LogP contribution < -0.4 is 4.57 Å². The van der Waals surface area contributed by atoms with Crippen molar-refractivity contribution in [2.45, 2.75) is 26.5 Å². The highest BCUT2D eigenvalue weighted by molar-refractivity contribution is 5.67. The molecule has 0 bridgehead atoms. The molecule has 1 aromatic heterocycles. The molecule has 70 valence electrons. The van der Waals surface area contributed by atoms with Crippen LogP contribution in [-0.2, 0) is 16.1 Å². The van der Waals surface area contributed by atoms with Gasteiger partial charge < -0.3 is 4.74 Å². The van der Waals surface area contributed by atoms with Crippen LogP contribution in [0.1, 0.15) is 13.8 Å². The van der Waals surface area contributed by atoms with Gasteiger partial charge in [-0.15, -0.1) is 0 Å². The number of nitrogens with zero attached hydrogens (tertiary/aromatic N) is 1. The summed E-state index contributed by atoms with van der Waals surface area (Å²) in [5, 5.41) is 0. The number of hydrogen-bond acceptors (Lipinski definition) is 2. The molecular weight excluding hydrogens is 166 g/mol. The Kier molecular flexibility index (Phi) is 3.43. The number of pyridine rings is 1. The van der Waals surface area contributed by atoms with E-state index in [4.69, 9.17) is 4.74 Å². The Morgan fingerprint density at radius 2 is 1.92 bits per heavy atom. The third-order valence-electron chi connectivity index (χ3n) is 1.46. The highest BCUT2D eigenvalue weighted by Crippen LogP contribution is 1.88. The number of carbonyl (C=O) groups is 1. The zero-order chi connectivity index (χ0) is 9.68. The maximum absolute atomic E-state index is 11.2. The molecule has 3 nitrogen and oxygen atoms in total. The Morgan fingerprint density at radius 1 is 1.31 bits per heavy atom. The van der Waals surface area contributed by atoms with E-state index < -0.39 is 0 Å². The average Bonchev–Trinajstić information content (AvgIpc) is 2.04. The SMILES string of the molecule is CC(C)OC(=O)C[n+]1ccccc1. The summed E-state index contributed by atoms with van der Waals surface area (Å²) in [6.07, 6.45) is 3.63. The van der Waals surface area contributed by atoms with Crippen LogP contribution in [0.4, 0.5) is 0 Å². The Balaban J connectivity index is 2.46. The van der Waals surface area contributed by atoms with Crippen molar-refractivity contribution in [2.24, 2.45) is 0 Å². The summed E-state index contributed by atoms with van der Waals surface area (Å²) >= 11 is 0. The fraction of sp³-hybridized carbons (Fsp3) is 0.400. The standard InChI is InChI=1S/C10H14NO2/c1-9(2)13-10(12)8-11-6-4-3-5-7-11/h3-7,9H,8H2,1-2H3/q+1. The summed E-state index contributed by atoms with van der Waals surface area (Å²) in [6, 6.07) is 5.66. The van der Waals surface area contributed by atoms with Crippen molar-refractivity contribution in [1.29, 1.82) is 0 Å². The topological polar surface area (TPSA) is 30.2 Å². The van der Waals surface area contributed by atoms with Gasteiger partial charge in [0.25, 0.3) is 0 Å². The molecule has 0 fully saturated rings. The van der Waals surface area contributed by atoms with E-state index in [2.05, 4.69) is 0 Å². The van der Waals surface area contributed by atoms with Gasteiger partial charge in [-0.25, -0.2) is 4.79 Å². The lowest BCUT2D eigenvalue weighted by Crippen LogP contribution is -2.38. The molecule has 0 radical (unpaired) electrons. The normalized spacial score (nSPS) is 10.1. The second-order valence-electron chi connectivity index (χ2n) is 3.09. The maximum atomic E-state index is 11.2. The molecule has 0 amide bonds. The van der Waals surface area contributed by atoms with Gasteiger partial charge in [0, 0.05) is 12.1 Å². The van der Waals surface area contributed by atoms with Crippen molar-refractivity contribution in [3.8, 4) is 0 Å². The molecule has 13 heavy (non-hydrogen) atoms. The van der Waals surface area contributed by atoms with Crippen LogP contribution in [0.25, 0.3) is 0 Å². The monoisotopic (exact) mass is 180 g/mol. The van der Waals surface area contributed by atoms with Gasteiger partial charge in [0.15, 0.2) is 12.4 Å². The Bertz CT molecular complexity index is 270. The summed E-state index contributed by atoms with van der Waals surface area (Å²) in [6.45, 7) is 3.96. The van der Waals surface area contributed by atoms with E-state index in [0.717, 1.165) is 0 Å². The minimum Gasteiger partial charge on any atom is -0.458 e. The molecule has 0 N–H and O–H groups in total. The predicted molar refractivity (Wildman–Crippen MR) is 47.9 cm³/mol. The number of carbonyl (C=O) groups excluding carboxylic acids is 1. The van der Waals surface area contributed by atoms with Crippen molar-refractivity contribution < 1.29 is 14.1 Å². The summed E-state index contributed by atoms with van der Waals surface area (Å²) in [7, 11) is 0. The molecule has 3 heteroatoms. The molecule has 0 aromatic carbocycles. The van der Waals surface area contributed by atoms with Crippen molar-refractivity contribution in [3.63, 3.8) is 0 Å². The molecule has 1 heterocycles. The summed E-state index contributed by atoms with van der Waals surface area (Å²) < 4.78 is 6.78. The van der Waals surface area contributed by atoms with Crippen molar-refractivity contribution in [2.75, 3.05) is 0 Å². The van der Waals surface area contributed by atoms with Gasteiger partial charge in [-0.2, -0.15) is 4.57 Å². The molecule has 0 aliphatic rings. The van der Waals surface area contributed by atoms with Gasteiger partial charge in [0.1, 0.15) is 0 Å². The maximum Gasteiger partial charge on any atom is 0.372 e. The average molecular weight is 180 g/mol. The first-order valence-electron chi connectivity index (χ1n) is 4.32. The Morgan fingerprint density at radius 3 is 2.46 bits per heavy atom. The van der Waals surface area contributed by atoms with E-state index in [0.29, 0.717) is 0 Å². The van der Waals surface area contributed by atoms with Crippen molar-refractivity contribution in [3.05, 3.63) is 30.6 Å². The smallest absolute Gasteiger partial charge is 0.372 e. The van der Waals surface area contributed by atoms with Crippen LogP contribution in [0.2, 0.25) is 0 Å². The van der Waals surface area contributed by atoms with Crippen LogP contribution in [0.3, 0.4) is 0 Å². The molecule has 0 atom stereocenters. The first-order valence-corrected chi connectivity index (χ1v) is 4.32. The van der Waals surface area contributed by atoms with E-state index in [-0.39, 0.29) is 18.6 Å². The van der Waals surface area contributed by atoms with E-state index in [9.17, 15) is 4.79 Å². The zero-order valence-corrected chi connectivity index (χ0v) is 7.93. The molecule has 1 aromatic rings. The largest absolute Gasteiger partial charge is 0.458 e. The summed E-state index contributed by atoms with van der Waals surface area (Å²) in [5.41, 5.74) is 0. The lowest BCUT2D eigenvalue weighted by molar-refractivity contribution is -0.686. The molecule has 0 aliphatic heterocycles. The third-order valence-corrected chi connectivity index (χ3v) is 1.46. The van der Waals surface area contributed by atoms with Crippen LogP contribution in [-0.4, -0.2) is 12.1 Å². The molecule has 1 rings (SSSR count). The molecular formula is C10H14NO2+. The van der Waals surface area contributed by atoms with Crippen LogP contribution in [0.5, 0.6) is 0 Å². The first-order chi connectivity index (χ1) is 6.18. The number of hydrogen-bond donors (Lipinski definition) is 0. The van der Waals surface area contributed by atoms with Crippen molar-refractivity contribution in [1.82, 2.24) is 0 Å². The highest BCUT2D eigenvalue weighted by Gasteiger charge is 2.10. The lowest BCUT2D eigenvalue weighted by atomic mass is 10.4.